The Balaban J connectivity index is 1.80. The lowest BCUT2D eigenvalue weighted by Crippen LogP contribution is -2.42. The number of ketones is 1. The third-order valence-corrected chi connectivity index (χ3v) is 6.86. The van der Waals surface area contributed by atoms with E-state index in [2.05, 4.69) is 9.88 Å². The zero-order valence-corrected chi connectivity index (χ0v) is 21.6. The van der Waals surface area contributed by atoms with E-state index in [9.17, 15) is 19.5 Å². The molecule has 0 saturated carbocycles. The first-order valence-electron chi connectivity index (χ1n) is 12.4. The summed E-state index contributed by atoms with van der Waals surface area (Å²) in [4.78, 5) is 45.8. The van der Waals surface area contributed by atoms with Crippen LogP contribution in [0, 0.1) is 13.8 Å². The van der Waals surface area contributed by atoms with Crippen molar-refractivity contribution >= 4 is 23.4 Å². The second-order valence-electron chi connectivity index (χ2n) is 9.07. The molecular formula is C27H33N3O7. The monoisotopic (exact) mass is 511 g/mol. The Morgan fingerprint density at radius 2 is 1.92 bits per heavy atom. The van der Waals surface area contributed by atoms with Gasteiger partial charge in [-0.2, -0.15) is 0 Å². The molecule has 10 heteroatoms. The average Bonchev–Trinajstić information content (AvgIpc) is 3.34. The highest BCUT2D eigenvalue weighted by molar-refractivity contribution is 6.46. The fourth-order valence-electron chi connectivity index (χ4n) is 4.99. The first kappa shape index (κ1) is 26.4. The summed E-state index contributed by atoms with van der Waals surface area (Å²) in [6, 6.07) is 6.29. The van der Waals surface area contributed by atoms with Crippen LogP contribution in [0.2, 0.25) is 0 Å². The average molecular weight is 512 g/mol. The highest BCUT2D eigenvalue weighted by Crippen LogP contribution is 2.41. The van der Waals surface area contributed by atoms with Crippen molar-refractivity contribution < 1.29 is 33.7 Å². The number of H-pyrrole nitrogens is 1. The molecule has 3 heterocycles. The fourth-order valence-corrected chi connectivity index (χ4v) is 4.99. The molecule has 37 heavy (non-hydrogen) atoms. The van der Waals surface area contributed by atoms with Crippen molar-refractivity contribution in [3.63, 3.8) is 0 Å². The Labute approximate surface area is 215 Å². The van der Waals surface area contributed by atoms with Crippen LogP contribution in [0.15, 0.2) is 29.8 Å². The number of carbonyl (C=O) groups is 3. The largest absolute Gasteiger partial charge is 0.507 e. The molecule has 198 valence electrons. The van der Waals surface area contributed by atoms with Crippen molar-refractivity contribution in [1.82, 2.24) is 14.8 Å². The molecule has 1 aromatic heterocycles. The number of benzene rings is 1. The van der Waals surface area contributed by atoms with Gasteiger partial charge in [0, 0.05) is 37.4 Å². The molecule has 0 radical (unpaired) electrons. The van der Waals surface area contributed by atoms with Gasteiger partial charge in [0.05, 0.1) is 38.5 Å². The standard InChI is InChI=1S/C27H33N3O7/c1-5-37-27(34)22-16(2)20(17(3)28-22)24(31)21-23(18-7-6-8-19(15-18)35-4)30(26(33)25(21)32)10-9-29-11-13-36-14-12-29/h6-8,15,23,28,31H,5,9-14H2,1-4H3/b24-21+. The number of nitrogens with zero attached hydrogens (tertiary/aromatic N) is 2. The Morgan fingerprint density at radius 1 is 1.19 bits per heavy atom. The second kappa shape index (κ2) is 11.2. The zero-order chi connectivity index (χ0) is 26.7. The Hall–Kier alpha value is -3.63. The quantitative estimate of drug-likeness (QED) is 0.240. The molecule has 2 aliphatic rings. The predicted octanol–water partition coefficient (Wildman–Crippen LogP) is 2.57. The second-order valence-corrected chi connectivity index (χ2v) is 9.07. The number of aryl methyl sites for hydroxylation is 1. The van der Waals surface area contributed by atoms with Gasteiger partial charge >= 0.3 is 5.97 Å². The van der Waals surface area contributed by atoms with Gasteiger partial charge in [-0.05, 0) is 44.0 Å². The Morgan fingerprint density at radius 3 is 2.59 bits per heavy atom. The molecular weight excluding hydrogens is 478 g/mol. The molecule has 1 aromatic carbocycles. The van der Waals surface area contributed by atoms with Gasteiger partial charge in [-0.1, -0.05) is 12.1 Å². The maximum Gasteiger partial charge on any atom is 0.355 e. The summed E-state index contributed by atoms with van der Waals surface area (Å²) in [5.41, 5.74) is 2.04. The molecule has 2 saturated heterocycles. The van der Waals surface area contributed by atoms with Crippen LogP contribution in [-0.4, -0.2) is 90.7 Å². The third kappa shape index (κ3) is 5.12. The highest BCUT2D eigenvalue weighted by atomic mass is 16.5. The van der Waals surface area contributed by atoms with Gasteiger partial charge < -0.3 is 29.2 Å². The summed E-state index contributed by atoms with van der Waals surface area (Å²) in [7, 11) is 1.54. The van der Waals surface area contributed by atoms with E-state index in [0.717, 1.165) is 13.1 Å². The number of aromatic nitrogens is 1. The van der Waals surface area contributed by atoms with E-state index in [1.807, 2.05) is 0 Å². The maximum atomic E-state index is 13.4. The summed E-state index contributed by atoms with van der Waals surface area (Å²) in [6.45, 7) is 8.84. The summed E-state index contributed by atoms with van der Waals surface area (Å²) >= 11 is 0. The van der Waals surface area contributed by atoms with Crippen LogP contribution >= 0.6 is 0 Å². The Kier molecular flexibility index (Phi) is 7.99. The normalized spacial score (nSPS) is 19.9. The van der Waals surface area contributed by atoms with E-state index < -0.39 is 23.7 Å². The number of Topliss-reactive ketones (excluding diaryl/α,β-unsaturated/α-hetero) is 1. The molecule has 2 fully saturated rings. The van der Waals surface area contributed by atoms with Gasteiger partial charge in [0.15, 0.2) is 0 Å². The SMILES string of the molecule is CCOC(=O)c1[nH]c(C)c(/C(O)=C2\C(=O)C(=O)N(CCN3CCOCC3)C2c2cccc(OC)c2)c1C. The molecule has 2 aromatic rings. The van der Waals surface area contributed by atoms with E-state index in [1.54, 1.807) is 45.0 Å². The van der Waals surface area contributed by atoms with Crippen LogP contribution in [0.4, 0.5) is 0 Å². The number of amides is 1. The molecule has 2 N–H and O–H groups in total. The van der Waals surface area contributed by atoms with Crippen molar-refractivity contribution in [2.24, 2.45) is 0 Å². The number of carbonyl (C=O) groups excluding carboxylic acids is 3. The number of rotatable bonds is 8. The van der Waals surface area contributed by atoms with E-state index in [-0.39, 0.29) is 23.6 Å². The first-order valence-corrected chi connectivity index (χ1v) is 12.4. The number of aliphatic hydroxyl groups is 1. The Bertz CT molecular complexity index is 1230. The van der Waals surface area contributed by atoms with Gasteiger partial charge in [-0.3, -0.25) is 14.5 Å². The topological polar surface area (TPSA) is 121 Å². The summed E-state index contributed by atoms with van der Waals surface area (Å²) < 4.78 is 15.9. The minimum atomic E-state index is -0.823. The fraction of sp³-hybridized carbons (Fsp3) is 0.444. The third-order valence-electron chi connectivity index (χ3n) is 6.86. The zero-order valence-electron chi connectivity index (χ0n) is 21.6. The summed E-state index contributed by atoms with van der Waals surface area (Å²) in [5, 5.41) is 11.5. The van der Waals surface area contributed by atoms with Gasteiger partial charge in [0.1, 0.15) is 17.2 Å². The molecule has 1 atom stereocenters. The molecule has 0 spiro atoms. The number of ether oxygens (including phenoxy) is 3. The number of morpholine rings is 1. The van der Waals surface area contributed by atoms with Crippen LogP contribution in [0.25, 0.3) is 5.76 Å². The maximum absolute atomic E-state index is 13.4. The molecule has 1 amide bonds. The van der Waals surface area contributed by atoms with Crippen LogP contribution in [0.1, 0.15) is 45.8 Å². The first-order chi connectivity index (χ1) is 17.8. The smallest absolute Gasteiger partial charge is 0.355 e. The lowest BCUT2D eigenvalue weighted by molar-refractivity contribution is -0.140. The number of hydrogen-bond donors (Lipinski definition) is 2. The lowest BCUT2D eigenvalue weighted by atomic mass is 9.94. The minimum Gasteiger partial charge on any atom is -0.507 e. The lowest BCUT2D eigenvalue weighted by Gasteiger charge is -2.31. The van der Waals surface area contributed by atoms with Crippen LogP contribution in [0.5, 0.6) is 5.75 Å². The number of aromatic amines is 1. The number of esters is 1. The van der Waals surface area contributed by atoms with Gasteiger partial charge in [0.25, 0.3) is 11.7 Å². The number of aliphatic hydroxyl groups excluding tert-OH is 1. The van der Waals surface area contributed by atoms with Crippen LogP contribution < -0.4 is 4.74 Å². The van der Waals surface area contributed by atoms with Crippen molar-refractivity contribution in [3.05, 3.63) is 57.9 Å². The summed E-state index contributed by atoms with van der Waals surface area (Å²) in [6.07, 6.45) is 0. The molecule has 1 unspecified atom stereocenters. The van der Waals surface area contributed by atoms with Crippen molar-refractivity contribution in [2.75, 3.05) is 53.1 Å². The highest BCUT2D eigenvalue weighted by Gasteiger charge is 2.46. The predicted molar refractivity (Wildman–Crippen MR) is 135 cm³/mol. The molecule has 0 bridgehead atoms. The van der Waals surface area contributed by atoms with E-state index >= 15 is 0 Å². The van der Waals surface area contributed by atoms with Crippen molar-refractivity contribution in [1.29, 1.82) is 0 Å². The molecule has 4 rings (SSSR count). The van der Waals surface area contributed by atoms with Gasteiger partial charge in [0.2, 0.25) is 0 Å². The van der Waals surface area contributed by atoms with Gasteiger partial charge in [-0.15, -0.1) is 0 Å². The van der Waals surface area contributed by atoms with Gasteiger partial charge in [-0.25, -0.2) is 4.79 Å². The van der Waals surface area contributed by atoms with Crippen LogP contribution in [-0.2, 0) is 19.1 Å². The van der Waals surface area contributed by atoms with E-state index in [1.165, 1.54) is 12.0 Å². The van der Waals surface area contributed by atoms with E-state index in [4.69, 9.17) is 14.2 Å². The number of likely N-dealkylation sites (tertiary alicyclic amines) is 1. The molecule has 0 aliphatic carbocycles. The van der Waals surface area contributed by atoms with Crippen molar-refractivity contribution in [2.45, 2.75) is 26.8 Å². The number of methoxy groups -OCH3 is 1. The van der Waals surface area contributed by atoms with Crippen molar-refractivity contribution in [3.8, 4) is 5.75 Å². The summed E-state index contributed by atoms with van der Waals surface area (Å²) in [5.74, 6) is -1.78. The molecule has 10 nitrogen and oxygen atoms in total. The minimum absolute atomic E-state index is 0.0270. The number of nitrogens with one attached hydrogen (secondary N) is 1. The van der Waals surface area contributed by atoms with Crippen LogP contribution in [0.3, 0.4) is 0 Å². The number of hydrogen-bond acceptors (Lipinski definition) is 8. The van der Waals surface area contributed by atoms with E-state index in [0.29, 0.717) is 54.4 Å². The molecule has 2 aliphatic heterocycles.